The monoisotopic (exact) mass is 487 g/mol. The van der Waals surface area contributed by atoms with Crippen LogP contribution in [0.15, 0.2) is 36.5 Å². The Morgan fingerprint density at radius 3 is 2.56 bits per heavy atom. The number of nitrogens with zero attached hydrogens (tertiary/aromatic N) is 2. The van der Waals surface area contributed by atoms with Gasteiger partial charge in [0.1, 0.15) is 0 Å². The summed E-state index contributed by atoms with van der Waals surface area (Å²) in [7, 11) is 0. The number of hydrogen-bond donors (Lipinski definition) is 1. The van der Waals surface area contributed by atoms with Gasteiger partial charge in [0, 0.05) is 54.0 Å². The van der Waals surface area contributed by atoms with Crippen LogP contribution in [-0.2, 0) is 9.53 Å². The Balaban J connectivity index is 1.32. The Kier molecular flexibility index (Phi) is 7.21. The molecular weight excluding hydrogens is 446 g/mol. The molecule has 1 aromatic carbocycles. The lowest BCUT2D eigenvalue weighted by Crippen LogP contribution is -2.44. The number of fused-ring (bicyclic) bond motifs is 1. The quantitative estimate of drug-likeness (QED) is 0.430. The van der Waals surface area contributed by atoms with Crippen molar-refractivity contribution in [2.75, 3.05) is 19.7 Å². The second-order valence-electron chi connectivity index (χ2n) is 11.5. The summed E-state index contributed by atoms with van der Waals surface area (Å²) in [5.74, 6) is 1.85. The Labute approximate surface area is 215 Å². The van der Waals surface area contributed by atoms with Crippen molar-refractivity contribution in [3.63, 3.8) is 0 Å². The molecule has 2 unspecified atom stereocenters. The number of carbonyl (C=O) groups is 1. The molecule has 192 valence electrons. The van der Waals surface area contributed by atoms with Crippen LogP contribution in [0.1, 0.15) is 82.0 Å². The van der Waals surface area contributed by atoms with Crippen LogP contribution in [0.5, 0.6) is 0 Å². The SMILES string of the molecule is Cc1cc(-c2[nH]c3ccc(C4CCN(C(=O)C5CCOC(C(C)C)C5)CC4)cc3c2C(C)C)ccn1. The zero-order valence-corrected chi connectivity index (χ0v) is 22.5. The average molecular weight is 488 g/mol. The molecule has 0 radical (unpaired) electrons. The molecule has 2 atom stereocenters. The number of H-pyrrole nitrogens is 1. The van der Waals surface area contributed by atoms with Gasteiger partial charge in [-0.25, -0.2) is 0 Å². The fraction of sp³-hybridized carbons (Fsp3) is 0.548. The highest BCUT2D eigenvalue weighted by Crippen LogP contribution is 2.38. The molecule has 3 aromatic rings. The fourth-order valence-electron chi connectivity index (χ4n) is 6.22. The van der Waals surface area contributed by atoms with Crippen LogP contribution in [0.4, 0.5) is 0 Å². The van der Waals surface area contributed by atoms with Crippen molar-refractivity contribution in [2.24, 2.45) is 11.8 Å². The van der Waals surface area contributed by atoms with E-state index in [1.807, 2.05) is 13.1 Å². The van der Waals surface area contributed by atoms with Crippen molar-refractivity contribution in [1.29, 1.82) is 0 Å². The smallest absolute Gasteiger partial charge is 0.225 e. The van der Waals surface area contributed by atoms with Crippen LogP contribution in [0.25, 0.3) is 22.2 Å². The summed E-state index contributed by atoms with van der Waals surface area (Å²) in [6.45, 7) is 13.4. The Morgan fingerprint density at radius 1 is 1.08 bits per heavy atom. The highest BCUT2D eigenvalue weighted by atomic mass is 16.5. The van der Waals surface area contributed by atoms with E-state index in [1.54, 1.807) is 0 Å². The summed E-state index contributed by atoms with van der Waals surface area (Å²) >= 11 is 0. The maximum Gasteiger partial charge on any atom is 0.225 e. The van der Waals surface area contributed by atoms with E-state index in [0.29, 0.717) is 30.3 Å². The number of benzene rings is 1. The molecule has 0 bridgehead atoms. The maximum atomic E-state index is 13.3. The molecule has 1 amide bonds. The number of ether oxygens (including phenoxy) is 1. The minimum atomic E-state index is 0.128. The number of aryl methyl sites for hydroxylation is 1. The molecule has 2 aliphatic rings. The van der Waals surface area contributed by atoms with Crippen molar-refractivity contribution in [2.45, 2.75) is 78.2 Å². The molecular formula is C31H41N3O2. The highest BCUT2D eigenvalue weighted by Gasteiger charge is 2.34. The zero-order valence-electron chi connectivity index (χ0n) is 22.5. The van der Waals surface area contributed by atoms with Crippen molar-refractivity contribution < 1.29 is 9.53 Å². The molecule has 0 aliphatic carbocycles. The molecule has 2 aliphatic heterocycles. The van der Waals surface area contributed by atoms with Crippen LogP contribution in [0.3, 0.4) is 0 Å². The number of nitrogens with one attached hydrogen (secondary N) is 1. The van der Waals surface area contributed by atoms with Crippen molar-refractivity contribution in [3.05, 3.63) is 53.3 Å². The normalized spacial score (nSPS) is 21.6. The Morgan fingerprint density at radius 2 is 1.86 bits per heavy atom. The van der Waals surface area contributed by atoms with E-state index in [-0.39, 0.29) is 12.0 Å². The van der Waals surface area contributed by atoms with E-state index in [2.05, 4.69) is 72.9 Å². The van der Waals surface area contributed by atoms with Crippen molar-refractivity contribution >= 4 is 16.8 Å². The second kappa shape index (κ2) is 10.4. The number of likely N-dealkylation sites (tertiary alicyclic amines) is 1. The van der Waals surface area contributed by atoms with Gasteiger partial charge in [-0.1, -0.05) is 33.8 Å². The zero-order chi connectivity index (χ0) is 25.4. The highest BCUT2D eigenvalue weighted by molar-refractivity contribution is 5.92. The summed E-state index contributed by atoms with van der Waals surface area (Å²) in [6, 6.07) is 11.2. The average Bonchev–Trinajstić information content (AvgIpc) is 3.28. The maximum absolute atomic E-state index is 13.3. The summed E-state index contributed by atoms with van der Waals surface area (Å²) in [4.78, 5) is 23.5. The molecule has 0 saturated carbocycles. The number of hydrogen-bond acceptors (Lipinski definition) is 3. The number of amides is 1. The molecule has 2 aromatic heterocycles. The first kappa shape index (κ1) is 25.0. The molecule has 5 nitrogen and oxygen atoms in total. The van der Waals surface area contributed by atoms with Gasteiger partial charge in [-0.2, -0.15) is 0 Å². The number of carbonyl (C=O) groups excluding carboxylic acids is 1. The van der Waals surface area contributed by atoms with E-state index in [9.17, 15) is 4.79 Å². The van der Waals surface area contributed by atoms with Gasteiger partial charge >= 0.3 is 0 Å². The predicted molar refractivity (Wildman–Crippen MR) is 146 cm³/mol. The molecule has 2 saturated heterocycles. The van der Waals surface area contributed by atoms with Crippen LogP contribution >= 0.6 is 0 Å². The standard InChI is InChI=1S/C31H41N3O2/c1-19(2)28-18-25(11-15-36-28)31(35)34-13-9-22(10-14-34)23-6-7-27-26(17-23)29(20(3)4)30(33-27)24-8-12-32-21(5)16-24/h6-8,12,16-17,19-20,22,25,28,33H,9-11,13-15,18H2,1-5H3. The van der Waals surface area contributed by atoms with Gasteiger partial charge in [-0.3, -0.25) is 9.78 Å². The molecule has 5 rings (SSSR count). The largest absolute Gasteiger partial charge is 0.378 e. The summed E-state index contributed by atoms with van der Waals surface area (Å²) in [5, 5.41) is 1.33. The number of aromatic nitrogens is 2. The Bertz CT molecular complexity index is 1220. The van der Waals surface area contributed by atoms with Gasteiger partial charge in [0.2, 0.25) is 5.91 Å². The van der Waals surface area contributed by atoms with Gasteiger partial charge < -0.3 is 14.6 Å². The van der Waals surface area contributed by atoms with Gasteiger partial charge in [-0.05, 0) is 85.8 Å². The van der Waals surface area contributed by atoms with E-state index in [1.165, 1.54) is 33.3 Å². The van der Waals surface area contributed by atoms with Crippen molar-refractivity contribution in [1.82, 2.24) is 14.9 Å². The summed E-state index contributed by atoms with van der Waals surface area (Å²) in [5.41, 5.74) is 7.41. The number of pyridine rings is 1. The third-order valence-corrected chi connectivity index (χ3v) is 8.31. The minimum Gasteiger partial charge on any atom is -0.378 e. The minimum absolute atomic E-state index is 0.128. The van der Waals surface area contributed by atoms with Crippen LogP contribution in [0.2, 0.25) is 0 Å². The van der Waals surface area contributed by atoms with Crippen LogP contribution in [-0.4, -0.2) is 46.6 Å². The first-order chi connectivity index (χ1) is 17.3. The van der Waals surface area contributed by atoms with Crippen LogP contribution in [0, 0.1) is 18.8 Å². The van der Waals surface area contributed by atoms with E-state index in [4.69, 9.17) is 4.74 Å². The molecule has 4 heterocycles. The van der Waals surface area contributed by atoms with Gasteiger partial charge in [0.25, 0.3) is 0 Å². The predicted octanol–water partition coefficient (Wildman–Crippen LogP) is 6.82. The second-order valence-corrected chi connectivity index (χ2v) is 11.5. The number of rotatable bonds is 5. The van der Waals surface area contributed by atoms with Crippen LogP contribution < -0.4 is 0 Å². The molecule has 0 spiro atoms. The fourth-order valence-corrected chi connectivity index (χ4v) is 6.22. The number of piperidine rings is 1. The topological polar surface area (TPSA) is 58.2 Å². The molecule has 5 heteroatoms. The summed E-state index contributed by atoms with van der Waals surface area (Å²) in [6.07, 6.45) is 5.91. The molecule has 1 N–H and O–H groups in total. The van der Waals surface area contributed by atoms with E-state index >= 15 is 0 Å². The van der Waals surface area contributed by atoms with Gasteiger partial charge in [0.15, 0.2) is 0 Å². The van der Waals surface area contributed by atoms with Crippen molar-refractivity contribution in [3.8, 4) is 11.3 Å². The third-order valence-electron chi connectivity index (χ3n) is 8.31. The van der Waals surface area contributed by atoms with E-state index < -0.39 is 0 Å². The third kappa shape index (κ3) is 4.95. The lowest BCUT2D eigenvalue weighted by atomic mass is 9.85. The molecule has 2 fully saturated rings. The lowest BCUT2D eigenvalue weighted by Gasteiger charge is -2.37. The first-order valence-corrected chi connectivity index (χ1v) is 13.8. The molecule has 36 heavy (non-hydrogen) atoms. The first-order valence-electron chi connectivity index (χ1n) is 13.8. The summed E-state index contributed by atoms with van der Waals surface area (Å²) < 4.78 is 5.90. The number of aromatic amines is 1. The van der Waals surface area contributed by atoms with E-state index in [0.717, 1.165) is 44.5 Å². The van der Waals surface area contributed by atoms with Gasteiger partial charge in [0.05, 0.1) is 11.8 Å². The Hall–Kier alpha value is -2.66. The lowest BCUT2D eigenvalue weighted by molar-refractivity contribution is -0.142. The van der Waals surface area contributed by atoms with Gasteiger partial charge in [-0.15, -0.1) is 0 Å².